The third kappa shape index (κ3) is 3.85. The Labute approximate surface area is 193 Å². The van der Waals surface area contributed by atoms with Crippen molar-refractivity contribution in [2.24, 2.45) is 0 Å². The predicted molar refractivity (Wildman–Crippen MR) is 124 cm³/mol. The van der Waals surface area contributed by atoms with Gasteiger partial charge in [0.15, 0.2) is 11.5 Å². The summed E-state index contributed by atoms with van der Waals surface area (Å²) < 4.78 is 40.6. The number of imidazole rings is 1. The molecule has 0 unspecified atom stereocenters. The van der Waals surface area contributed by atoms with Crippen LogP contribution >= 0.6 is 0 Å². The molecule has 0 aliphatic carbocycles. The molecule has 9 heteroatoms. The first kappa shape index (κ1) is 21.6. The summed E-state index contributed by atoms with van der Waals surface area (Å²) in [6, 6.07) is 17.4. The number of alkyl halides is 3. The maximum absolute atomic E-state index is 12.9. The maximum atomic E-state index is 12.9. The number of fused-ring (bicyclic) bond motifs is 1. The van der Waals surface area contributed by atoms with Gasteiger partial charge in [0, 0.05) is 23.6 Å². The van der Waals surface area contributed by atoms with Crippen molar-refractivity contribution in [2.45, 2.75) is 19.5 Å². The van der Waals surface area contributed by atoms with Gasteiger partial charge in [-0.2, -0.15) is 13.2 Å². The second-order valence-electron chi connectivity index (χ2n) is 7.70. The van der Waals surface area contributed by atoms with Gasteiger partial charge in [0.25, 0.3) is 0 Å². The molecule has 0 saturated heterocycles. The summed E-state index contributed by atoms with van der Waals surface area (Å²) in [6.07, 6.45) is -0.821. The van der Waals surface area contributed by atoms with Gasteiger partial charge in [-0.15, -0.1) is 0 Å². The third-order valence-electron chi connectivity index (χ3n) is 5.54. The molecular weight excluding hydrogens is 441 g/mol. The van der Waals surface area contributed by atoms with E-state index in [9.17, 15) is 13.2 Å². The molecule has 0 radical (unpaired) electrons. The number of benzene rings is 1. The summed E-state index contributed by atoms with van der Waals surface area (Å²) in [5.74, 6) is 0.899. The standard InChI is InChI=1S/C25H19F3N6/c1-2-15-5-8-17(9-6-15)34-23(18-4-3-13-30-22(18)29)33-20-11-10-19(32-24(20)34)16-7-12-21(31-14-16)25(26,27)28/h3-14H,2H2,1H3,(H2,29,30). The zero-order chi connectivity index (χ0) is 23.9. The minimum Gasteiger partial charge on any atom is -0.383 e. The molecule has 6 nitrogen and oxygen atoms in total. The van der Waals surface area contributed by atoms with Gasteiger partial charge < -0.3 is 5.73 Å². The SMILES string of the molecule is CCc1ccc(-n2c(-c3cccnc3N)nc3ccc(-c4ccc(C(F)(F)F)nc4)nc32)cc1. The van der Waals surface area contributed by atoms with Crippen molar-refractivity contribution in [3.8, 4) is 28.3 Å². The Morgan fingerprint density at radius 2 is 1.71 bits per heavy atom. The number of nitrogens with zero attached hydrogens (tertiary/aromatic N) is 5. The van der Waals surface area contributed by atoms with Gasteiger partial charge in [0.05, 0.1) is 11.3 Å². The van der Waals surface area contributed by atoms with Crippen LogP contribution in [-0.4, -0.2) is 24.5 Å². The van der Waals surface area contributed by atoms with Crippen LogP contribution in [0.3, 0.4) is 0 Å². The fourth-order valence-corrected chi connectivity index (χ4v) is 3.74. The zero-order valence-electron chi connectivity index (χ0n) is 18.1. The molecule has 0 aliphatic rings. The van der Waals surface area contributed by atoms with Crippen molar-refractivity contribution in [1.29, 1.82) is 0 Å². The molecule has 0 saturated carbocycles. The highest BCUT2D eigenvalue weighted by Gasteiger charge is 2.32. The van der Waals surface area contributed by atoms with E-state index >= 15 is 0 Å². The van der Waals surface area contributed by atoms with E-state index < -0.39 is 11.9 Å². The number of anilines is 1. The molecular formula is C25H19F3N6. The summed E-state index contributed by atoms with van der Waals surface area (Å²) in [4.78, 5) is 17.3. The average molecular weight is 460 g/mol. The molecule has 2 N–H and O–H groups in total. The molecule has 1 aromatic carbocycles. The Morgan fingerprint density at radius 3 is 2.35 bits per heavy atom. The van der Waals surface area contributed by atoms with Gasteiger partial charge in [-0.3, -0.25) is 9.55 Å². The summed E-state index contributed by atoms with van der Waals surface area (Å²) in [5.41, 5.74) is 9.96. The third-order valence-corrected chi connectivity index (χ3v) is 5.54. The summed E-state index contributed by atoms with van der Waals surface area (Å²) in [7, 11) is 0. The van der Waals surface area contributed by atoms with Crippen molar-refractivity contribution < 1.29 is 13.2 Å². The number of rotatable bonds is 4. The van der Waals surface area contributed by atoms with Gasteiger partial charge in [0.2, 0.25) is 0 Å². The number of pyridine rings is 3. The highest BCUT2D eigenvalue weighted by atomic mass is 19.4. The predicted octanol–water partition coefficient (Wildman–Crippen LogP) is 5.71. The van der Waals surface area contributed by atoms with Crippen LogP contribution in [-0.2, 0) is 12.6 Å². The Bertz CT molecular complexity index is 1470. The van der Waals surface area contributed by atoms with Gasteiger partial charge in [0.1, 0.15) is 17.0 Å². The fraction of sp³-hybridized carbons (Fsp3) is 0.120. The second-order valence-corrected chi connectivity index (χ2v) is 7.70. The minimum absolute atomic E-state index is 0.330. The number of hydrogen-bond acceptors (Lipinski definition) is 5. The Hall–Kier alpha value is -4.27. The molecule has 4 heterocycles. The summed E-state index contributed by atoms with van der Waals surface area (Å²) >= 11 is 0. The first-order valence-electron chi connectivity index (χ1n) is 10.6. The molecule has 0 fully saturated rings. The highest BCUT2D eigenvalue weighted by molar-refractivity contribution is 5.84. The number of halogens is 3. The van der Waals surface area contributed by atoms with E-state index in [1.807, 2.05) is 34.9 Å². The van der Waals surface area contributed by atoms with Crippen molar-refractivity contribution in [1.82, 2.24) is 24.5 Å². The number of aromatic nitrogens is 5. The first-order chi connectivity index (χ1) is 16.3. The van der Waals surface area contributed by atoms with Crippen LogP contribution in [0.1, 0.15) is 18.2 Å². The van der Waals surface area contributed by atoms with E-state index in [0.29, 0.717) is 39.6 Å². The topological polar surface area (TPSA) is 82.5 Å². The monoisotopic (exact) mass is 460 g/mol. The molecule has 0 amide bonds. The van der Waals surface area contributed by atoms with E-state index in [1.165, 1.54) is 17.8 Å². The quantitative estimate of drug-likeness (QED) is 0.372. The number of nitrogens with two attached hydrogens (primary N) is 1. The van der Waals surface area contributed by atoms with Crippen molar-refractivity contribution in [2.75, 3.05) is 5.73 Å². The lowest BCUT2D eigenvalue weighted by Gasteiger charge is -2.11. The minimum atomic E-state index is -4.50. The normalized spacial score (nSPS) is 11.8. The van der Waals surface area contributed by atoms with Crippen LogP contribution in [0.15, 0.2) is 73.1 Å². The lowest BCUT2D eigenvalue weighted by atomic mass is 10.1. The van der Waals surface area contributed by atoms with E-state index in [0.717, 1.165) is 18.2 Å². The number of nitrogen functional groups attached to an aromatic ring is 1. The van der Waals surface area contributed by atoms with Crippen LogP contribution in [0, 0.1) is 0 Å². The first-order valence-corrected chi connectivity index (χ1v) is 10.6. The number of hydrogen-bond donors (Lipinski definition) is 1. The average Bonchev–Trinajstić information content (AvgIpc) is 3.22. The molecule has 34 heavy (non-hydrogen) atoms. The van der Waals surface area contributed by atoms with Gasteiger partial charge in [-0.05, 0) is 60.5 Å². The van der Waals surface area contributed by atoms with Crippen LogP contribution < -0.4 is 5.73 Å². The second kappa shape index (κ2) is 8.26. The lowest BCUT2D eigenvalue weighted by Crippen LogP contribution is -2.07. The Balaban J connectivity index is 1.71. The van der Waals surface area contributed by atoms with Crippen LogP contribution in [0.25, 0.3) is 39.5 Å². The summed E-state index contributed by atoms with van der Waals surface area (Å²) in [6.45, 7) is 2.08. The largest absolute Gasteiger partial charge is 0.433 e. The van der Waals surface area contributed by atoms with Crippen LogP contribution in [0.4, 0.5) is 19.0 Å². The molecule has 5 rings (SSSR count). The zero-order valence-corrected chi connectivity index (χ0v) is 18.1. The smallest absolute Gasteiger partial charge is 0.383 e. The Kier molecular flexibility index (Phi) is 5.24. The van der Waals surface area contributed by atoms with E-state index in [4.69, 9.17) is 15.7 Å². The Morgan fingerprint density at radius 1 is 0.912 bits per heavy atom. The molecule has 170 valence electrons. The van der Waals surface area contributed by atoms with Crippen LogP contribution in [0.2, 0.25) is 0 Å². The van der Waals surface area contributed by atoms with Gasteiger partial charge in [-0.25, -0.2) is 15.0 Å². The highest BCUT2D eigenvalue weighted by Crippen LogP contribution is 2.32. The van der Waals surface area contributed by atoms with Crippen LogP contribution in [0.5, 0.6) is 0 Å². The molecule has 5 aromatic rings. The van der Waals surface area contributed by atoms with Crippen molar-refractivity contribution in [3.63, 3.8) is 0 Å². The van der Waals surface area contributed by atoms with E-state index in [1.54, 1.807) is 24.4 Å². The lowest BCUT2D eigenvalue weighted by molar-refractivity contribution is -0.141. The van der Waals surface area contributed by atoms with Gasteiger partial charge in [-0.1, -0.05) is 19.1 Å². The number of aryl methyl sites for hydroxylation is 1. The molecule has 0 spiro atoms. The van der Waals surface area contributed by atoms with Crippen molar-refractivity contribution >= 4 is 17.0 Å². The van der Waals surface area contributed by atoms with E-state index in [2.05, 4.69) is 16.9 Å². The molecule has 0 aliphatic heterocycles. The van der Waals surface area contributed by atoms with Crippen molar-refractivity contribution in [3.05, 3.63) is 84.3 Å². The van der Waals surface area contributed by atoms with Gasteiger partial charge >= 0.3 is 6.18 Å². The molecule has 4 aromatic heterocycles. The maximum Gasteiger partial charge on any atom is 0.433 e. The van der Waals surface area contributed by atoms with E-state index in [-0.39, 0.29) is 0 Å². The fourth-order valence-electron chi connectivity index (χ4n) is 3.74. The molecule has 0 bridgehead atoms. The molecule has 0 atom stereocenters. The summed E-state index contributed by atoms with van der Waals surface area (Å²) in [5, 5.41) is 0.